The maximum atomic E-state index is 14.5. The van der Waals surface area contributed by atoms with Crippen LogP contribution in [0.5, 0.6) is 0 Å². The van der Waals surface area contributed by atoms with Gasteiger partial charge in [-0.1, -0.05) is 35.9 Å². The average Bonchev–Trinajstić information content (AvgIpc) is 2.68. The van der Waals surface area contributed by atoms with Crippen molar-refractivity contribution in [3.05, 3.63) is 81.9 Å². The second kappa shape index (κ2) is 7.72. The molecule has 0 atom stereocenters. The van der Waals surface area contributed by atoms with Crippen molar-refractivity contribution in [1.29, 1.82) is 0 Å². The van der Waals surface area contributed by atoms with Crippen molar-refractivity contribution in [2.75, 3.05) is 12.8 Å². The summed E-state index contributed by atoms with van der Waals surface area (Å²) in [5.74, 6) is -3.35. The third kappa shape index (κ3) is 3.55. The standard InChI is InChI=1S/C21H19F3N4/c1-12-4-6-14(7-5-12)8-11-17-27-21(26-3)13(2)20(25)28(17)19-16(23)10-9-15(22)18(19)24/h4-11H,25H2,1-3H3. The Hall–Kier alpha value is -3.35. The molecule has 0 aliphatic carbocycles. The van der Waals surface area contributed by atoms with Crippen molar-refractivity contribution in [3.8, 4) is 5.69 Å². The summed E-state index contributed by atoms with van der Waals surface area (Å²) >= 11 is 0. The Labute approximate surface area is 160 Å². The van der Waals surface area contributed by atoms with Crippen LogP contribution in [-0.4, -0.2) is 16.6 Å². The highest BCUT2D eigenvalue weighted by Crippen LogP contribution is 2.25. The Bertz CT molecular complexity index is 1130. The molecule has 2 aromatic carbocycles. The van der Waals surface area contributed by atoms with Gasteiger partial charge in [0, 0.05) is 12.6 Å². The van der Waals surface area contributed by atoms with Crippen LogP contribution in [0.1, 0.15) is 22.5 Å². The van der Waals surface area contributed by atoms with Gasteiger partial charge in [0.2, 0.25) is 0 Å². The van der Waals surface area contributed by atoms with Gasteiger partial charge in [0.15, 0.2) is 22.9 Å². The van der Waals surface area contributed by atoms with Crippen LogP contribution < -0.4 is 11.2 Å². The molecule has 0 aliphatic heterocycles. The molecule has 3 rings (SSSR count). The normalized spacial score (nSPS) is 12.1. The lowest BCUT2D eigenvalue weighted by Crippen LogP contribution is -2.24. The second-order valence-corrected chi connectivity index (χ2v) is 6.30. The van der Waals surface area contributed by atoms with Gasteiger partial charge < -0.3 is 5.73 Å². The Kier molecular flexibility index (Phi) is 5.35. The van der Waals surface area contributed by atoms with Crippen molar-refractivity contribution >= 4 is 18.0 Å². The predicted molar refractivity (Wildman–Crippen MR) is 104 cm³/mol. The Morgan fingerprint density at radius 3 is 2.25 bits per heavy atom. The number of aryl methyl sites for hydroxylation is 1. The fourth-order valence-corrected chi connectivity index (χ4v) is 2.78. The zero-order chi connectivity index (χ0) is 20.4. The van der Waals surface area contributed by atoms with E-state index < -0.39 is 23.1 Å². The van der Waals surface area contributed by atoms with Gasteiger partial charge >= 0.3 is 0 Å². The molecule has 0 saturated heterocycles. The molecule has 0 fully saturated rings. The molecule has 0 aliphatic rings. The largest absolute Gasteiger partial charge is 0.384 e. The number of rotatable bonds is 3. The summed E-state index contributed by atoms with van der Waals surface area (Å²) in [4.78, 5) is 8.40. The number of aromatic nitrogens is 2. The van der Waals surface area contributed by atoms with Crippen LogP contribution in [0.2, 0.25) is 0 Å². The van der Waals surface area contributed by atoms with Crippen LogP contribution in [0.15, 0.2) is 41.4 Å². The van der Waals surface area contributed by atoms with E-state index >= 15 is 0 Å². The van der Waals surface area contributed by atoms with Gasteiger partial charge in [0.1, 0.15) is 17.3 Å². The molecule has 0 radical (unpaired) electrons. The zero-order valence-corrected chi connectivity index (χ0v) is 15.7. The molecule has 3 aromatic rings. The summed E-state index contributed by atoms with van der Waals surface area (Å²) in [6.07, 6.45) is 3.28. The Balaban J connectivity index is 2.29. The molecule has 0 spiro atoms. The highest BCUT2D eigenvalue weighted by atomic mass is 19.2. The summed E-state index contributed by atoms with van der Waals surface area (Å²) in [5, 5.41) is 0. The third-order valence-corrected chi connectivity index (χ3v) is 4.37. The molecular weight excluding hydrogens is 365 g/mol. The summed E-state index contributed by atoms with van der Waals surface area (Å²) in [5.41, 5.74) is 8.23. The van der Waals surface area contributed by atoms with E-state index in [1.165, 1.54) is 7.05 Å². The molecule has 0 amide bonds. The Morgan fingerprint density at radius 2 is 1.61 bits per heavy atom. The van der Waals surface area contributed by atoms with E-state index in [9.17, 15) is 13.2 Å². The maximum Gasteiger partial charge on any atom is 0.185 e. The molecule has 4 nitrogen and oxygen atoms in total. The van der Waals surface area contributed by atoms with Crippen LogP contribution in [0.4, 0.5) is 19.0 Å². The SMILES string of the molecule is CN=c1nc(C=Cc2ccc(C)cc2)n(-c2c(F)ccc(F)c2F)c(N)c1C. The monoisotopic (exact) mass is 384 g/mol. The first-order valence-electron chi connectivity index (χ1n) is 8.54. The van der Waals surface area contributed by atoms with Gasteiger partial charge in [-0.25, -0.2) is 18.2 Å². The van der Waals surface area contributed by atoms with E-state index in [1.807, 2.05) is 31.2 Å². The number of nitrogen functional groups attached to an aromatic ring is 1. The molecular formula is C21H19F3N4. The van der Waals surface area contributed by atoms with Crippen LogP contribution in [0.3, 0.4) is 0 Å². The zero-order valence-electron chi connectivity index (χ0n) is 15.7. The van der Waals surface area contributed by atoms with E-state index in [4.69, 9.17) is 5.73 Å². The van der Waals surface area contributed by atoms with Crippen molar-refractivity contribution in [1.82, 2.24) is 9.55 Å². The maximum absolute atomic E-state index is 14.5. The lowest BCUT2D eigenvalue weighted by molar-refractivity contribution is 0.487. The van der Waals surface area contributed by atoms with E-state index in [-0.39, 0.29) is 11.6 Å². The smallest absolute Gasteiger partial charge is 0.185 e. The number of benzene rings is 2. The van der Waals surface area contributed by atoms with Crippen LogP contribution in [-0.2, 0) is 0 Å². The summed E-state index contributed by atoms with van der Waals surface area (Å²) < 4.78 is 43.8. The van der Waals surface area contributed by atoms with E-state index in [2.05, 4.69) is 9.98 Å². The first-order chi connectivity index (χ1) is 13.3. The first kappa shape index (κ1) is 19.4. The highest BCUT2D eigenvalue weighted by Gasteiger charge is 2.20. The molecule has 1 aromatic heterocycles. The molecule has 2 N–H and O–H groups in total. The molecule has 0 bridgehead atoms. The molecule has 144 valence electrons. The lowest BCUT2D eigenvalue weighted by atomic mass is 10.1. The summed E-state index contributed by atoms with van der Waals surface area (Å²) in [6.45, 7) is 3.60. The van der Waals surface area contributed by atoms with Crippen LogP contribution >= 0.6 is 0 Å². The van der Waals surface area contributed by atoms with Crippen molar-refractivity contribution in [2.45, 2.75) is 13.8 Å². The lowest BCUT2D eigenvalue weighted by Gasteiger charge is -2.17. The van der Waals surface area contributed by atoms with Gasteiger partial charge in [-0.15, -0.1) is 0 Å². The van der Waals surface area contributed by atoms with Gasteiger partial charge in [-0.2, -0.15) is 0 Å². The minimum atomic E-state index is -1.34. The van der Waals surface area contributed by atoms with Gasteiger partial charge in [0.25, 0.3) is 0 Å². The molecule has 1 heterocycles. The molecule has 28 heavy (non-hydrogen) atoms. The van der Waals surface area contributed by atoms with Crippen LogP contribution in [0.25, 0.3) is 17.8 Å². The first-order valence-corrected chi connectivity index (χ1v) is 8.54. The summed E-state index contributed by atoms with van der Waals surface area (Å²) in [6, 6.07) is 9.22. The quantitative estimate of drug-likeness (QED) is 0.689. The number of hydrogen-bond donors (Lipinski definition) is 1. The van der Waals surface area contributed by atoms with E-state index in [0.29, 0.717) is 11.1 Å². The Morgan fingerprint density at radius 1 is 0.964 bits per heavy atom. The highest BCUT2D eigenvalue weighted by molar-refractivity contribution is 5.69. The molecule has 0 saturated carbocycles. The van der Waals surface area contributed by atoms with Crippen LogP contribution in [0, 0.1) is 31.3 Å². The number of nitrogens with two attached hydrogens (primary N) is 1. The topological polar surface area (TPSA) is 56.2 Å². The molecule has 0 unspecified atom stereocenters. The van der Waals surface area contributed by atoms with E-state index in [1.54, 1.807) is 19.1 Å². The van der Waals surface area contributed by atoms with Crippen molar-refractivity contribution in [3.63, 3.8) is 0 Å². The predicted octanol–water partition coefficient (Wildman–Crippen LogP) is 4.19. The van der Waals surface area contributed by atoms with Gasteiger partial charge in [-0.3, -0.25) is 9.56 Å². The van der Waals surface area contributed by atoms with Gasteiger partial charge in [-0.05, 0) is 37.6 Å². The average molecular weight is 384 g/mol. The number of anilines is 1. The number of hydrogen-bond acceptors (Lipinski definition) is 3. The molecule has 7 heteroatoms. The minimum Gasteiger partial charge on any atom is -0.384 e. The fourth-order valence-electron chi connectivity index (χ4n) is 2.78. The third-order valence-electron chi connectivity index (χ3n) is 4.37. The second-order valence-electron chi connectivity index (χ2n) is 6.30. The fraction of sp³-hybridized carbons (Fsp3) is 0.143. The van der Waals surface area contributed by atoms with Gasteiger partial charge in [0.05, 0.1) is 0 Å². The van der Waals surface area contributed by atoms with Crippen molar-refractivity contribution < 1.29 is 13.2 Å². The number of halogens is 3. The summed E-state index contributed by atoms with van der Waals surface area (Å²) in [7, 11) is 1.54. The van der Waals surface area contributed by atoms with Crippen molar-refractivity contribution in [2.24, 2.45) is 4.99 Å². The number of nitrogens with zero attached hydrogens (tertiary/aromatic N) is 3. The minimum absolute atomic E-state index is 0.0163. The van der Waals surface area contributed by atoms with E-state index in [0.717, 1.165) is 27.8 Å².